The third-order valence-corrected chi connectivity index (χ3v) is 4.36. The monoisotopic (exact) mass is 238 g/mol. The normalized spacial score (nSPS) is 26.4. The molecule has 1 atom stereocenters. The predicted molar refractivity (Wildman–Crippen MR) is 69.6 cm³/mol. The molecular weight excluding hydrogens is 212 g/mol. The van der Waals surface area contributed by atoms with Crippen LogP contribution in [0.15, 0.2) is 0 Å². The molecular formula is C14H26N2O. The zero-order chi connectivity index (χ0) is 12.1. The predicted octanol–water partition coefficient (Wildman–Crippen LogP) is 2.30. The van der Waals surface area contributed by atoms with Crippen molar-refractivity contribution < 1.29 is 4.79 Å². The van der Waals surface area contributed by atoms with E-state index in [1.165, 1.54) is 32.1 Å². The van der Waals surface area contributed by atoms with Gasteiger partial charge in [-0.25, -0.2) is 0 Å². The van der Waals surface area contributed by atoms with Crippen LogP contribution in [0, 0.1) is 5.92 Å². The Morgan fingerprint density at radius 3 is 2.59 bits per heavy atom. The topological polar surface area (TPSA) is 46.3 Å². The second-order valence-electron chi connectivity index (χ2n) is 5.59. The average Bonchev–Trinajstić information content (AvgIpc) is 2.84. The Morgan fingerprint density at radius 1 is 1.12 bits per heavy atom. The van der Waals surface area contributed by atoms with Gasteiger partial charge in [-0.3, -0.25) is 4.79 Å². The maximum Gasteiger partial charge on any atom is 0.225 e. The molecule has 98 valence electrons. The number of nitrogens with zero attached hydrogens (tertiary/aromatic N) is 1. The number of likely N-dealkylation sites (tertiary alicyclic amines) is 1. The largest absolute Gasteiger partial charge is 0.339 e. The van der Waals surface area contributed by atoms with E-state index in [-0.39, 0.29) is 0 Å². The number of hydrogen-bond donors (Lipinski definition) is 1. The Balaban J connectivity index is 1.88. The van der Waals surface area contributed by atoms with Gasteiger partial charge in [0.15, 0.2) is 0 Å². The lowest BCUT2D eigenvalue weighted by Crippen LogP contribution is -2.40. The first kappa shape index (κ1) is 12.9. The van der Waals surface area contributed by atoms with Crippen LogP contribution in [0.4, 0.5) is 0 Å². The van der Waals surface area contributed by atoms with Crippen molar-refractivity contribution in [2.75, 3.05) is 13.1 Å². The van der Waals surface area contributed by atoms with E-state index in [0.717, 1.165) is 38.8 Å². The summed E-state index contributed by atoms with van der Waals surface area (Å²) in [6.45, 7) is 1.74. The smallest absolute Gasteiger partial charge is 0.225 e. The molecule has 3 heteroatoms. The number of amides is 1. The minimum atomic E-state index is 0.335. The first-order valence-corrected chi connectivity index (χ1v) is 7.33. The average molecular weight is 238 g/mol. The van der Waals surface area contributed by atoms with Crippen LogP contribution < -0.4 is 5.73 Å². The van der Waals surface area contributed by atoms with Gasteiger partial charge in [-0.2, -0.15) is 0 Å². The molecule has 1 aliphatic heterocycles. The lowest BCUT2D eigenvalue weighted by molar-refractivity contribution is -0.137. The van der Waals surface area contributed by atoms with Crippen LogP contribution in [-0.4, -0.2) is 29.9 Å². The van der Waals surface area contributed by atoms with Gasteiger partial charge in [0.25, 0.3) is 0 Å². The third kappa shape index (κ3) is 3.21. The van der Waals surface area contributed by atoms with Crippen molar-refractivity contribution in [3.05, 3.63) is 0 Å². The molecule has 1 saturated carbocycles. The maximum absolute atomic E-state index is 12.5. The summed E-state index contributed by atoms with van der Waals surface area (Å²) in [6.07, 6.45) is 10.6. The molecule has 1 saturated heterocycles. The molecule has 2 aliphatic rings. The van der Waals surface area contributed by atoms with E-state index in [1.54, 1.807) is 0 Å². The van der Waals surface area contributed by atoms with Gasteiger partial charge in [0.1, 0.15) is 0 Å². The Hall–Kier alpha value is -0.570. The Morgan fingerprint density at radius 2 is 1.88 bits per heavy atom. The van der Waals surface area contributed by atoms with Gasteiger partial charge < -0.3 is 10.6 Å². The second kappa shape index (κ2) is 6.39. The molecule has 2 rings (SSSR count). The fourth-order valence-corrected chi connectivity index (χ4v) is 3.36. The molecule has 0 radical (unpaired) electrons. The van der Waals surface area contributed by atoms with Gasteiger partial charge in [-0.1, -0.05) is 19.3 Å². The minimum absolute atomic E-state index is 0.335. The standard InChI is InChI=1S/C14H26N2O/c15-10-4-8-13-9-5-11-16(13)14(17)12-6-2-1-3-7-12/h12-13H,1-11,15H2. The lowest BCUT2D eigenvalue weighted by atomic mass is 9.88. The first-order valence-electron chi connectivity index (χ1n) is 7.33. The van der Waals surface area contributed by atoms with Gasteiger partial charge >= 0.3 is 0 Å². The van der Waals surface area contributed by atoms with Crippen LogP contribution in [0.5, 0.6) is 0 Å². The molecule has 1 amide bonds. The highest BCUT2D eigenvalue weighted by molar-refractivity contribution is 5.79. The Bertz CT molecular complexity index is 249. The van der Waals surface area contributed by atoms with Crippen molar-refractivity contribution in [1.82, 2.24) is 4.90 Å². The van der Waals surface area contributed by atoms with Gasteiger partial charge in [-0.05, 0) is 45.1 Å². The summed E-state index contributed by atoms with van der Waals surface area (Å²) in [6, 6.07) is 0.493. The molecule has 0 aromatic carbocycles. The lowest BCUT2D eigenvalue weighted by Gasteiger charge is -2.30. The van der Waals surface area contributed by atoms with Gasteiger partial charge in [0, 0.05) is 18.5 Å². The van der Waals surface area contributed by atoms with Gasteiger partial charge in [-0.15, -0.1) is 0 Å². The van der Waals surface area contributed by atoms with E-state index in [9.17, 15) is 4.79 Å². The van der Waals surface area contributed by atoms with Crippen molar-refractivity contribution in [2.24, 2.45) is 11.7 Å². The molecule has 0 aromatic heterocycles. The van der Waals surface area contributed by atoms with Crippen molar-refractivity contribution >= 4 is 5.91 Å². The number of nitrogens with two attached hydrogens (primary N) is 1. The first-order chi connectivity index (χ1) is 8.33. The molecule has 1 unspecified atom stereocenters. The van der Waals surface area contributed by atoms with Crippen molar-refractivity contribution in [1.29, 1.82) is 0 Å². The summed E-state index contributed by atoms with van der Waals surface area (Å²) in [5.74, 6) is 0.784. The highest BCUT2D eigenvalue weighted by Crippen LogP contribution is 2.29. The number of carbonyl (C=O) groups is 1. The molecule has 2 fully saturated rings. The Labute approximate surface area is 105 Å². The molecule has 0 bridgehead atoms. The van der Waals surface area contributed by atoms with E-state index < -0.39 is 0 Å². The van der Waals surface area contributed by atoms with E-state index in [1.807, 2.05) is 0 Å². The molecule has 1 heterocycles. The SMILES string of the molecule is NCCCC1CCCN1C(=O)C1CCCCC1. The maximum atomic E-state index is 12.5. The zero-order valence-electron chi connectivity index (χ0n) is 10.9. The van der Waals surface area contributed by atoms with E-state index in [2.05, 4.69) is 4.90 Å². The van der Waals surface area contributed by atoms with Crippen LogP contribution in [0.25, 0.3) is 0 Å². The molecule has 2 N–H and O–H groups in total. The fraction of sp³-hybridized carbons (Fsp3) is 0.929. The van der Waals surface area contributed by atoms with Crippen LogP contribution in [0.1, 0.15) is 57.8 Å². The third-order valence-electron chi connectivity index (χ3n) is 4.36. The highest BCUT2D eigenvalue weighted by Gasteiger charge is 2.32. The zero-order valence-corrected chi connectivity index (χ0v) is 10.9. The minimum Gasteiger partial charge on any atom is -0.339 e. The summed E-state index contributed by atoms with van der Waals surface area (Å²) in [5.41, 5.74) is 5.57. The number of rotatable bonds is 4. The van der Waals surface area contributed by atoms with Crippen molar-refractivity contribution in [3.63, 3.8) is 0 Å². The second-order valence-corrected chi connectivity index (χ2v) is 5.59. The van der Waals surface area contributed by atoms with Gasteiger partial charge in [0.05, 0.1) is 0 Å². The van der Waals surface area contributed by atoms with Crippen molar-refractivity contribution in [2.45, 2.75) is 63.8 Å². The van der Waals surface area contributed by atoms with E-state index >= 15 is 0 Å². The highest BCUT2D eigenvalue weighted by atomic mass is 16.2. The molecule has 1 aliphatic carbocycles. The Kier molecular flexibility index (Phi) is 4.84. The number of carbonyl (C=O) groups excluding carboxylic acids is 1. The van der Waals surface area contributed by atoms with Crippen LogP contribution >= 0.6 is 0 Å². The van der Waals surface area contributed by atoms with Crippen molar-refractivity contribution in [3.8, 4) is 0 Å². The molecule has 17 heavy (non-hydrogen) atoms. The van der Waals surface area contributed by atoms with E-state index in [4.69, 9.17) is 5.73 Å². The summed E-state index contributed by atoms with van der Waals surface area (Å²) in [7, 11) is 0. The van der Waals surface area contributed by atoms with Crippen LogP contribution in [-0.2, 0) is 4.79 Å². The van der Waals surface area contributed by atoms with Crippen LogP contribution in [0.3, 0.4) is 0 Å². The fourth-order valence-electron chi connectivity index (χ4n) is 3.36. The summed E-state index contributed by atoms with van der Waals surface area (Å²) < 4.78 is 0. The molecule has 3 nitrogen and oxygen atoms in total. The molecule has 0 aromatic rings. The molecule has 0 spiro atoms. The summed E-state index contributed by atoms with van der Waals surface area (Å²) >= 11 is 0. The van der Waals surface area contributed by atoms with Gasteiger partial charge in [0.2, 0.25) is 5.91 Å². The van der Waals surface area contributed by atoms with Crippen LogP contribution in [0.2, 0.25) is 0 Å². The summed E-state index contributed by atoms with van der Waals surface area (Å²) in [5, 5.41) is 0. The number of hydrogen-bond acceptors (Lipinski definition) is 2. The quantitative estimate of drug-likeness (QED) is 0.817. The van der Waals surface area contributed by atoms with E-state index in [0.29, 0.717) is 17.9 Å². The summed E-state index contributed by atoms with van der Waals surface area (Å²) in [4.78, 5) is 14.6.